The number of nitrogens with two attached hydrogens (primary N) is 3. The summed E-state index contributed by atoms with van der Waals surface area (Å²) in [5, 5.41) is 13.1. The van der Waals surface area contributed by atoms with E-state index in [-0.39, 0.29) is 38.8 Å². The highest BCUT2D eigenvalue weighted by Gasteiger charge is 2.32. The zero-order chi connectivity index (χ0) is 45.7. The van der Waals surface area contributed by atoms with Gasteiger partial charge in [0.05, 0.1) is 0 Å². The molecule has 0 saturated carbocycles. The second kappa shape index (κ2) is 21.7. The van der Waals surface area contributed by atoms with Gasteiger partial charge in [-0.25, -0.2) is 0 Å². The van der Waals surface area contributed by atoms with Crippen molar-refractivity contribution in [2.24, 2.45) is 17.2 Å². The number of H-pyrrole nitrogens is 2. The number of primary amides is 1. The fourth-order valence-corrected chi connectivity index (χ4v) is 8.01. The molecule has 0 aliphatic rings. The van der Waals surface area contributed by atoms with E-state index in [4.69, 9.17) is 17.2 Å². The van der Waals surface area contributed by atoms with E-state index < -0.39 is 53.7 Å². The maximum absolute atomic E-state index is 14.3. The van der Waals surface area contributed by atoms with Crippen molar-refractivity contribution in [1.82, 2.24) is 31.2 Å². The van der Waals surface area contributed by atoms with Gasteiger partial charge in [-0.1, -0.05) is 103 Å². The number of hydrogen-bond acceptors (Lipinski definition) is 7. The summed E-state index contributed by atoms with van der Waals surface area (Å²) in [6.45, 7) is 0.499. The van der Waals surface area contributed by atoms with Gasteiger partial charge >= 0.3 is 0 Å². The number of aromatic nitrogens is 2. The molecule has 0 aliphatic carbocycles. The number of para-hydroxylation sites is 2. The minimum absolute atomic E-state index is 0.0463. The van der Waals surface area contributed by atoms with Gasteiger partial charge in [-0.3, -0.25) is 24.0 Å². The largest absolute Gasteiger partial charge is 0.368 e. The van der Waals surface area contributed by atoms with Gasteiger partial charge in [-0.05, 0) is 96.4 Å². The van der Waals surface area contributed by atoms with Gasteiger partial charge in [0.1, 0.15) is 24.2 Å². The number of amides is 5. The minimum Gasteiger partial charge on any atom is -0.368 e. The Balaban J connectivity index is 1.06. The zero-order valence-corrected chi connectivity index (χ0v) is 36.0. The van der Waals surface area contributed by atoms with Crippen LogP contribution in [0, 0.1) is 0 Å². The van der Waals surface area contributed by atoms with Crippen LogP contribution in [0.2, 0.25) is 0 Å². The highest BCUT2D eigenvalue weighted by molar-refractivity contribution is 5.99. The number of fused-ring (bicyclic) bond motifs is 2. The van der Waals surface area contributed by atoms with Gasteiger partial charge in [-0.15, -0.1) is 0 Å². The molecular weight excluding hydrogens is 819 g/mol. The average Bonchev–Trinajstić information content (AvgIpc) is 3.95. The molecule has 14 nitrogen and oxygen atoms in total. The van der Waals surface area contributed by atoms with Crippen molar-refractivity contribution < 1.29 is 24.0 Å². The molecule has 0 fully saturated rings. The van der Waals surface area contributed by atoms with Crippen molar-refractivity contribution in [2.45, 2.75) is 62.7 Å². The Kier molecular flexibility index (Phi) is 15.2. The monoisotopic (exact) mass is 873 g/mol. The van der Waals surface area contributed by atoms with Crippen molar-refractivity contribution in [3.05, 3.63) is 156 Å². The maximum Gasteiger partial charge on any atom is 0.251 e. The van der Waals surface area contributed by atoms with E-state index in [1.54, 1.807) is 24.5 Å². The molecule has 0 radical (unpaired) electrons. The Labute approximate surface area is 377 Å². The van der Waals surface area contributed by atoms with Crippen LogP contribution in [0.25, 0.3) is 44.1 Å². The number of hydrogen-bond donors (Lipinski definition) is 9. The molecule has 14 heteroatoms. The molecule has 2 heterocycles. The van der Waals surface area contributed by atoms with Gasteiger partial charge in [0, 0.05) is 52.6 Å². The number of nitrogens with one attached hydrogen (secondary N) is 6. The van der Waals surface area contributed by atoms with Gasteiger partial charge in [0.25, 0.3) is 5.91 Å². The van der Waals surface area contributed by atoms with Crippen LogP contribution in [-0.4, -0.2) is 76.8 Å². The Hall–Kier alpha value is -7.55. The third-order valence-corrected chi connectivity index (χ3v) is 11.6. The lowest BCUT2D eigenvalue weighted by atomic mass is 9.99. The summed E-state index contributed by atoms with van der Waals surface area (Å²) in [7, 11) is 0. The highest BCUT2D eigenvalue weighted by atomic mass is 16.2. The highest BCUT2D eigenvalue weighted by Crippen LogP contribution is 2.26. The van der Waals surface area contributed by atoms with Crippen molar-refractivity contribution >= 4 is 51.3 Å². The summed E-state index contributed by atoms with van der Waals surface area (Å²) in [4.78, 5) is 75.4. The first-order valence-corrected chi connectivity index (χ1v) is 21.9. The number of carbonyl (C=O) groups is 5. The molecule has 2 aromatic heterocycles. The quantitative estimate of drug-likeness (QED) is 0.0479. The smallest absolute Gasteiger partial charge is 0.251 e. The van der Waals surface area contributed by atoms with Crippen LogP contribution >= 0.6 is 0 Å². The number of aromatic amines is 2. The summed E-state index contributed by atoms with van der Waals surface area (Å²) in [5.41, 5.74) is 25.3. The van der Waals surface area contributed by atoms with Crippen LogP contribution in [0.4, 0.5) is 0 Å². The summed E-state index contributed by atoms with van der Waals surface area (Å²) in [5.74, 6) is -3.09. The van der Waals surface area contributed by atoms with E-state index in [0.29, 0.717) is 18.4 Å². The minimum atomic E-state index is -1.19. The lowest BCUT2D eigenvalue weighted by molar-refractivity contribution is -0.133. The molecule has 5 aromatic carbocycles. The van der Waals surface area contributed by atoms with E-state index in [2.05, 4.69) is 55.5 Å². The molecule has 0 unspecified atom stereocenters. The predicted molar refractivity (Wildman–Crippen MR) is 254 cm³/mol. The second-order valence-corrected chi connectivity index (χ2v) is 16.1. The first kappa shape index (κ1) is 45.5. The van der Waals surface area contributed by atoms with Crippen LogP contribution in [0.15, 0.2) is 140 Å². The SMILES string of the molecule is NCCC[C@H](NC(=O)c1ccc(-c2ccc(-c3ccccc3)cc2)cc1)C(=O)N[C@@H](CCCN)C(=O)N[C@@H](Cc1c[nH]c2ccccc12)C(=O)N[C@@H](Cc1c[nH]c2ccccc12)C(N)=O. The molecule has 65 heavy (non-hydrogen) atoms. The fourth-order valence-electron chi connectivity index (χ4n) is 8.01. The average molecular weight is 874 g/mol. The first-order chi connectivity index (χ1) is 31.6. The molecule has 0 bridgehead atoms. The Morgan fingerprint density at radius 3 is 1.37 bits per heavy atom. The van der Waals surface area contributed by atoms with Crippen LogP contribution < -0.4 is 38.5 Å². The summed E-state index contributed by atoms with van der Waals surface area (Å²) in [6.07, 6.45) is 4.84. The van der Waals surface area contributed by atoms with Crippen LogP contribution in [0.3, 0.4) is 0 Å². The standard InChI is InChI=1S/C51H55N9O5/c52-26-8-16-43(57-48(62)36-24-22-35(23-25-36)34-20-18-33(19-21-34)32-10-2-1-3-11-32)49(63)58-44(17-9-27-53)50(64)60-46(29-38-31-56-42-15-7-5-13-40(38)42)51(65)59-45(47(54)61)28-37-30-55-41-14-6-4-12-39(37)41/h1-7,10-15,18-25,30-31,43-46,55-56H,8-9,16-17,26-29,52-53H2,(H2,54,61)(H,57,62)(H,58,63)(H,59,65)(H,60,64)/t43-,44-,45-,46-/m0/s1. The first-order valence-electron chi connectivity index (χ1n) is 21.9. The molecule has 0 spiro atoms. The lowest BCUT2D eigenvalue weighted by Crippen LogP contribution is -2.58. The Bertz CT molecular complexity index is 2730. The van der Waals surface area contributed by atoms with Crippen LogP contribution in [-0.2, 0) is 32.0 Å². The summed E-state index contributed by atoms with van der Waals surface area (Å²) in [6, 6.07) is 36.0. The fraction of sp³-hybridized carbons (Fsp3) is 0.235. The van der Waals surface area contributed by atoms with Gasteiger partial charge < -0.3 is 48.4 Å². The lowest BCUT2D eigenvalue weighted by Gasteiger charge is -2.26. The van der Waals surface area contributed by atoms with Crippen molar-refractivity contribution in [3.8, 4) is 22.3 Å². The van der Waals surface area contributed by atoms with Crippen molar-refractivity contribution in [1.29, 1.82) is 0 Å². The van der Waals surface area contributed by atoms with E-state index >= 15 is 0 Å². The maximum atomic E-state index is 14.3. The topological polar surface area (TPSA) is 243 Å². The Morgan fingerprint density at radius 1 is 0.462 bits per heavy atom. The molecule has 0 saturated heterocycles. The molecule has 7 aromatic rings. The summed E-state index contributed by atoms with van der Waals surface area (Å²) >= 11 is 0. The van der Waals surface area contributed by atoms with Gasteiger partial charge in [0.15, 0.2) is 0 Å². The van der Waals surface area contributed by atoms with E-state index in [9.17, 15) is 24.0 Å². The van der Waals surface area contributed by atoms with Gasteiger partial charge in [-0.2, -0.15) is 0 Å². The number of benzene rings is 5. The van der Waals surface area contributed by atoms with E-state index in [1.165, 1.54) is 0 Å². The molecule has 5 amide bonds. The molecular formula is C51H55N9O5. The van der Waals surface area contributed by atoms with Crippen molar-refractivity contribution in [2.75, 3.05) is 13.1 Å². The number of carbonyl (C=O) groups excluding carboxylic acids is 5. The van der Waals surface area contributed by atoms with Crippen LogP contribution in [0.1, 0.15) is 47.2 Å². The molecule has 7 rings (SSSR count). The van der Waals surface area contributed by atoms with E-state index in [1.807, 2.05) is 91.0 Å². The van der Waals surface area contributed by atoms with Crippen molar-refractivity contribution in [3.63, 3.8) is 0 Å². The normalized spacial score (nSPS) is 13.1. The summed E-state index contributed by atoms with van der Waals surface area (Å²) < 4.78 is 0. The molecule has 334 valence electrons. The van der Waals surface area contributed by atoms with Crippen LogP contribution in [0.5, 0.6) is 0 Å². The van der Waals surface area contributed by atoms with Gasteiger partial charge in [0.2, 0.25) is 23.6 Å². The molecule has 0 aliphatic heterocycles. The number of rotatable bonds is 21. The second-order valence-electron chi connectivity index (χ2n) is 16.1. The third kappa shape index (κ3) is 11.5. The molecule has 4 atom stereocenters. The van der Waals surface area contributed by atoms with E-state index in [0.717, 1.165) is 55.2 Å². The Morgan fingerprint density at radius 2 is 0.862 bits per heavy atom. The third-order valence-electron chi connectivity index (χ3n) is 11.6. The molecule has 12 N–H and O–H groups in total. The predicted octanol–water partition coefficient (Wildman–Crippen LogP) is 4.98. The zero-order valence-electron chi connectivity index (χ0n) is 36.0.